The van der Waals surface area contributed by atoms with Gasteiger partial charge in [-0.25, -0.2) is 0 Å². The molecule has 2 aromatic carbocycles. The third kappa shape index (κ3) is 4.02. The Morgan fingerprint density at radius 1 is 1.20 bits per heavy atom. The van der Waals surface area contributed by atoms with Crippen LogP contribution in [0, 0.1) is 3.57 Å². The fourth-order valence-electron chi connectivity index (χ4n) is 2.42. The zero-order chi connectivity index (χ0) is 17.8. The molecular formula is C19H16INO4. The molecule has 3 aromatic rings. The third-order valence-corrected chi connectivity index (χ3v) is 4.30. The Hall–Kier alpha value is -2.32. The zero-order valence-electron chi connectivity index (χ0n) is 13.5. The van der Waals surface area contributed by atoms with Crippen molar-refractivity contribution in [2.24, 2.45) is 0 Å². The number of hydrogen-bond acceptors (Lipinski definition) is 4. The molecule has 0 saturated carbocycles. The number of methoxy groups -OCH3 is 1. The molecule has 6 heteroatoms. The number of aliphatic hydroxyl groups excluding tert-OH is 1. The lowest BCUT2D eigenvalue weighted by Crippen LogP contribution is -2.12. The summed E-state index contributed by atoms with van der Waals surface area (Å²) >= 11 is 2.17. The molecule has 25 heavy (non-hydrogen) atoms. The van der Waals surface area contributed by atoms with E-state index in [0.717, 1.165) is 3.57 Å². The van der Waals surface area contributed by atoms with Gasteiger partial charge in [0.2, 0.25) is 0 Å². The van der Waals surface area contributed by atoms with Crippen LogP contribution in [0.3, 0.4) is 0 Å². The minimum atomic E-state index is -0.190. The topological polar surface area (TPSA) is 71.7 Å². The highest BCUT2D eigenvalue weighted by molar-refractivity contribution is 14.1. The molecule has 3 rings (SSSR count). The van der Waals surface area contributed by atoms with Gasteiger partial charge in [-0.2, -0.15) is 0 Å². The average molecular weight is 449 g/mol. The Labute approximate surface area is 158 Å². The molecule has 128 valence electrons. The van der Waals surface area contributed by atoms with Gasteiger partial charge in [-0.05, 0) is 71.1 Å². The molecule has 1 aromatic heterocycles. The number of furan rings is 1. The summed E-state index contributed by atoms with van der Waals surface area (Å²) in [5.74, 6) is 1.45. The van der Waals surface area contributed by atoms with Gasteiger partial charge in [-0.1, -0.05) is 6.07 Å². The summed E-state index contributed by atoms with van der Waals surface area (Å²) in [5.41, 5.74) is 1.91. The van der Waals surface area contributed by atoms with Crippen LogP contribution < -0.4 is 10.1 Å². The normalized spacial score (nSPS) is 10.5. The number of amides is 1. The molecule has 0 bridgehead atoms. The molecule has 0 saturated heterocycles. The molecule has 0 unspecified atom stereocenters. The van der Waals surface area contributed by atoms with Crippen molar-refractivity contribution in [2.75, 3.05) is 12.4 Å². The predicted molar refractivity (Wildman–Crippen MR) is 104 cm³/mol. The van der Waals surface area contributed by atoms with Gasteiger partial charge in [0.25, 0.3) is 5.91 Å². The van der Waals surface area contributed by atoms with E-state index in [1.165, 1.54) is 0 Å². The number of aliphatic hydroxyl groups is 1. The lowest BCUT2D eigenvalue weighted by Gasteiger charge is -2.10. The van der Waals surface area contributed by atoms with Crippen molar-refractivity contribution in [1.82, 2.24) is 0 Å². The quantitative estimate of drug-likeness (QED) is 0.570. The van der Waals surface area contributed by atoms with Crippen molar-refractivity contribution in [1.29, 1.82) is 0 Å². The molecule has 0 atom stereocenters. The highest BCUT2D eigenvalue weighted by Crippen LogP contribution is 2.34. The molecule has 0 aliphatic heterocycles. The second kappa shape index (κ2) is 7.71. The van der Waals surface area contributed by atoms with Crippen LogP contribution in [0.15, 0.2) is 59.0 Å². The van der Waals surface area contributed by atoms with Crippen LogP contribution in [0.1, 0.15) is 16.1 Å². The number of rotatable bonds is 5. The number of carbonyl (C=O) groups is 1. The van der Waals surface area contributed by atoms with Gasteiger partial charge in [-0.3, -0.25) is 4.79 Å². The average Bonchev–Trinajstić information content (AvgIpc) is 3.10. The van der Waals surface area contributed by atoms with E-state index < -0.39 is 0 Å². The third-order valence-electron chi connectivity index (χ3n) is 3.63. The van der Waals surface area contributed by atoms with Crippen LogP contribution >= 0.6 is 22.6 Å². The first-order chi connectivity index (χ1) is 12.1. The lowest BCUT2D eigenvalue weighted by molar-refractivity contribution is 0.102. The number of carbonyl (C=O) groups excluding carboxylic acids is 1. The monoisotopic (exact) mass is 449 g/mol. The molecule has 1 heterocycles. The van der Waals surface area contributed by atoms with Gasteiger partial charge < -0.3 is 19.6 Å². The molecule has 0 fully saturated rings. The molecular weight excluding hydrogens is 433 g/mol. The minimum absolute atomic E-state index is 0.175. The maximum atomic E-state index is 12.4. The van der Waals surface area contributed by atoms with Crippen LogP contribution in [-0.4, -0.2) is 18.1 Å². The Kier molecular flexibility index (Phi) is 5.40. The minimum Gasteiger partial charge on any atom is -0.496 e. The first kappa shape index (κ1) is 17.5. The van der Waals surface area contributed by atoms with E-state index in [-0.39, 0.29) is 12.5 Å². The van der Waals surface area contributed by atoms with E-state index in [2.05, 4.69) is 27.9 Å². The molecule has 1 amide bonds. The van der Waals surface area contributed by atoms with Gasteiger partial charge in [0, 0.05) is 14.8 Å². The number of halogens is 1. The van der Waals surface area contributed by atoms with E-state index in [4.69, 9.17) is 14.3 Å². The molecule has 2 N–H and O–H groups in total. The summed E-state index contributed by atoms with van der Waals surface area (Å²) in [7, 11) is 1.57. The van der Waals surface area contributed by atoms with E-state index in [1.807, 2.05) is 18.2 Å². The SMILES string of the molecule is COc1ccc(NC(=O)c2cccc(I)c2)cc1-c1ccc(CO)o1. The highest BCUT2D eigenvalue weighted by atomic mass is 127. The van der Waals surface area contributed by atoms with E-state index in [1.54, 1.807) is 43.5 Å². The summed E-state index contributed by atoms with van der Waals surface area (Å²) in [4.78, 5) is 12.4. The van der Waals surface area contributed by atoms with Crippen molar-refractivity contribution < 1.29 is 19.1 Å². The van der Waals surface area contributed by atoms with Gasteiger partial charge in [0.15, 0.2) is 0 Å². The lowest BCUT2D eigenvalue weighted by atomic mass is 10.1. The van der Waals surface area contributed by atoms with Crippen LogP contribution in [0.2, 0.25) is 0 Å². The van der Waals surface area contributed by atoms with Gasteiger partial charge >= 0.3 is 0 Å². The maximum Gasteiger partial charge on any atom is 0.255 e. The summed E-state index contributed by atoms with van der Waals surface area (Å²) in [6, 6.07) is 16.1. The Morgan fingerprint density at radius 2 is 2.04 bits per heavy atom. The van der Waals surface area contributed by atoms with Gasteiger partial charge in [0.05, 0.1) is 12.7 Å². The summed E-state index contributed by atoms with van der Waals surface area (Å²) in [6.07, 6.45) is 0. The largest absolute Gasteiger partial charge is 0.496 e. The van der Waals surface area contributed by atoms with Crippen LogP contribution in [0.25, 0.3) is 11.3 Å². The summed E-state index contributed by atoms with van der Waals surface area (Å²) in [6.45, 7) is -0.175. The van der Waals surface area contributed by atoms with Crippen molar-refractivity contribution in [3.05, 3.63) is 69.5 Å². The fraction of sp³-hybridized carbons (Fsp3) is 0.105. The van der Waals surface area contributed by atoms with Crippen molar-refractivity contribution >= 4 is 34.2 Å². The number of hydrogen-bond donors (Lipinski definition) is 2. The van der Waals surface area contributed by atoms with Crippen molar-refractivity contribution in [2.45, 2.75) is 6.61 Å². The molecule has 5 nitrogen and oxygen atoms in total. The van der Waals surface area contributed by atoms with E-state index in [9.17, 15) is 4.79 Å². The molecule has 0 radical (unpaired) electrons. The number of anilines is 1. The zero-order valence-corrected chi connectivity index (χ0v) is 15.6. The Morgan fingerprint density at radius 3 is 2.72 bits per heavy atom. The second-order valence-corrected chi connectivity index (χ2v) is 6.55. The first-order valence-electron chi connectivity index (χ1n) is 7.55. The van der Waals surface area contributed by atoms with Crippen LogP contribution in [0.5, 0.6) is 5.75 Å². The van der Waals surface area contributed by atoms with Gasteiger partial charge in [0.1, 0.15) is 23.9 Å². The van der Waals surface area contributed by atoms with Crippen LogP contribution in [-0.2, 0) is 6.61 Å². The summed E-state index contributed by atoms with van der Waals surface area (Å²) in [5, 5.41) is 12.0. The number of benzene rings is 2. The van der Waals surface area contributed by atoms with Crippen LogP contribution in [0.4, 0.5) is 5.69 Å². The number of ether oxygens (including phenoxy) is 1. The van der Waals surface area contributed by atoms with Crippen molar-refractivity contribution in [3.63, 3.8) is 0 Å². The molecule has 0 spiro atoms. The fourth-order valence-corrected chi connectivity index (χ4v) is 2.96. The van der Waals surface area contributed by atoms with Gasteiger partial charge in [-0.15, -0.1) is 0 Å². The Bertz CT molecular complexity index is 904. The standard InChI is InChI=1S/C19H16INO4/c1-24-17-7-5-14(10-16(17)18-8-6-15(11-22)25-18)21-19(23)12-3-2-4-13(20)9-12/h2-10,22H,11H2,1H3,(H,21,23). The summed E-state index contributed by atoms with van der Waals surface area (Å²) < 4.78 is 11.9. The molecule has 0 aliphatic rings. The first-order valence-corrected chi connectivity index (χ1v) is 8.63. The number of nitrogens with one attached hydrogen (secondary N) is 1. The maximum absolute atomic E-state index is 12.4. The smallest absolute Gasteiger partial charge is 0.255 e. The van der Waals surface area contributed by atoms with Crippen molar-refractivity contribution in [3.8, 4) is 17.1 Å². The highest BCUT2D eigenvalue weighted by Gasteiger charge is 2.13. The van der Waals surface area contributed by atoms with E-state index >= 15 is 0 Å². The second-order valence-electron chi connectivity index (χ2n) is 5.30. The predicted octanol–water partition coefficient (Wildman–Crippen LogP) is 4.30. The Balaban J connectivity index is 1.90. The molecule has 0 aliphatic carbocycles. The van der Waals surface area contributed by atoms with E-state index in [0.29, 0.717) is 34.1 Å².